The second kappa shape index (κ2) is 6.23. The van der Waals surface area contributed by atoms with Crippen LogP contribution in [0.3, 0.4) is 0 Å². The van der Waals surface area contributed by atoms with Gasteiger partial charge in [-0.25, -0.2) is 0 Å². The summed E-state index contributed by atoms with van der Waals surface area (Å²) in [6.07, 6.45) is 3.41. The van der Waals surface area contributed by atoms with Gasteiger partial charge in [-0.15, -0.1) is 11.3 Å². The number of nitrogens with two attached hydrogens (primary N) is 1. The molecule has 2 rings (SSSR count). The molecule has 2 heterocycles. The molecule has 1 aliphatic heterocycles. The number of rotatable bonds is 1. The van der Waals surface area contributed by atoms with E-state index in [4.69, 9.17) is 5.73 Å². The van der Waals surface area contributed by atoms with E-state index in [-0.39, 0.29) is 5.91 Å². The molecule has 0 spiro atoms. The third-order valence-electron chi connectivity index (χ3n) is 3.59. The summed E-state index contributed by atoms with van der Waals surface area (Å²) >= 11 is 1.51. The van der Waals surface area contributed by atoms with Crippen LogP contribution in [0.1, 0.15) is 48.3 Å². The number of carbonyl (C=O) groups is 1. The van der Waals surface area contributed by atoms with Gasteiger partial charge in [-0.1, -0.05) is 11.8 Å². The largest absolute Gasteiger partial charge is 0.333 e. The number of piperidine rings is 1. The topological polar surface area (TPSA) is 46.3 Å². The van der Waals surface area contributed by atoms with Gasteiger partial charge in [0.05, 0.1) is 17.0 Å². The minimum absolute atomic E-state index is 0.136. The van der Waals surface area contributed by atoms with E-state index in [2.05, 4.69) is 25.7 Å². The number of likely N-dealkylation sites (tertiary alicyclic amines) is 1. The van der Waals surface area contributed by atoms with Crippen LogP contribution in [0.4, 0.5) is 0 Å². The minimum atomic E-state index is 0.136. The van der Waals surface area contributed by atoms with Gasteiger partial charge in [-0.05, 0) is 39.2 Å². The van der Waals surface area contributed by atoms with Crippen LogP contribution in [0.2, 0.25) is 0 Å². The zero-order valence-corrected chi connectivity index (χ0v) is 12.3. The maximum atomic E-state index is 12.6. The van der Waals surface area contributed by atoms with E-state index >= 15 is 0 Å². The fourth-order valence-corrected chi connectivity index (χ4v) is 3.37. The quantitative estimate of drug-likeness (QED) is 0.801. The number of carbonyl (C=O) groups excluding carboxylic acids is 1. The van der Waals surface area contributed by atoms with Gasteiger partial charge in [0.1, 0.15) is 0 Å². The molecule has 1 amide bonds. The molecule has 0 unspecified atom stereocenters. The standard InChI is InChI=1S/C15H20N2OS/c1-11-5-3-6-12(2)17(11)15(18)13-9-14(19-10-13)7-4-8-16/h9-12H,3,5-6,8,16H2,1-2H3/t11-,12+. The Kier molecular flexibility index (Phi) is 4.62. The van der Waals surface area contributed by atoms with Crippen molar-refractivity contribution in [2.75, 3.05) is 6.54 Å². The van der Waals surface area contributed by atoms with Gasteiger partial charge in [0.25, 0.3) is 5.91 Å². The molecule has 0 saturated carbocycles. The SMILES string of the molecule is C[C@@H]1CCC[C@H](C)N1C(=O)c1csc(C#CCN)c1. The molecule has 1 saturated heterocycles. The summed E-state index contributed by atoms with van der Waals surface area (Å²) < 4.78 is 0. The minimum Gasteiger partial charge on any atom is -0.333 e. The molecule has 0 aliphatic carbocycles. The van der Waals surface area contributed by atoms with Crippen LogP contribution in [0, 0.1) is 11.8 Å². The molecule has 4 heteroatoms. The first-order valence-corrected chi connectivity index (χ1v) is 7.61. The molecule has 2 atom stereocenters. The predicted molar refractivity (Wildman–Crippen MR) is 79.2 cm³/mol. The Bertz CT molecular complexity index is 502. The first-order valence-electron chi connectivity index (χ1n) is 6.73. The Morgan fingerprint density at radius 1 is 1.47 bits per heavy atom. The lowest BCUT2D eigenvalue weighted by molar-refractivity contribution is 0.0511. The van der Waals surface area contributed by atoms with Gasteiger partial charge in [0.2, 0.25) is 0 Å². The average molecular weight is 276 g/mol. The summed E-state index contributed by atoms with van der Waals surface area (Å²) in [5.41, 5.74) is 6.11. The lowest BCUT2D eigenvalue weighted by Gasteiger charge is -2.38. The molecule has 0 bridgehead atoms. The normalized spacial score (nSPS) is 22.8. The Labute approximate surface area is 118 Å². The summed E-state index contributed by atoms with van der Waals surface area (Å²) in [6.45, 7) is 4.62. The highest BCUT2D eigenvalue weighted by Gasteiger charge is 2.29. The zero-order chi connectivity index (χ0) is 13.8. The molecule has 0 radical (unpaired) electrons. The van der Waals surface area contributed by atoms with Crippen LogP contribution in [-0.2, 0) is 0 Å². The first kappa shape index (κ1) is 14.1. The number of amides is 1. The Morgan fingerprint density at radius 3 is 2.79 bits per heavy atom. The maximum Gasteiger partial charge on any atom is 0.255 e. The van der Waals surface area contributed by atoms with E-state index < -0.39 is 0 Å². The summed E-state index contributed by atoms with van der Waals surface area (Å²) in [6, 6.07) is 2.54. The molecule has 3 nitrogen and oxygen atoms in total. The van der Waals surface area contributed by atoms with Gasteiger partial charge in [0, 0.05) is 17.5 Å². The summed E-state index contributed by atoms with van der Waals surface area (Å²) in [4.78, 5) is 15.5. The molecule has 102 valence electrons. The van der Waals surface area contributed by atoms with E-state index in [0.717, 1.165) is 23.3 Å². The van der Waals surface area contributed by atoms with Crippen molar-refractivity contribution in [3.63, 3.8) is 0 Å². The summed E-state index contributed by atoms with van der Waals surface area (Å²) in [7, 11) is 0. The molecule has 1 aromatic rings. The van der Waals surface area contributed by atoms with Crippen molar-refractivity contribution in [1.82, 2.24) is 4.90 Å². The average Bonchev–Trinajstić information content (AvgIpc) is 2.84. The van der Waals surface area contributed by atoms with Gasteiger partial charge in [0.15, 0.2) is 0 Å². The number of thiophene rings is 1. The molecule has 0 aromatic carbocycles. The highest BCUT2D eigenvalue weighted by atomic mass is 32.1. The molecule has 1 fully saturated rings. The van der Waals surface area contributed by atoms with Crippen LogP contribution in [0.25, 0.3) is 0 Å². The highest BCUT2D eigenvalue weighted by Crippen LogP contribution is 2.26. The molecule has 1 aliphatic rings. The fraction of sp³-hybridized carbons (Fsp3) is 0.533. The number of hydrogen-bond acceptors (Lipinski definition) is 3. The smallest absolute Gasteiger partial charge is 0.255 e. The number of hydrogen-bond donors (Lipinski definition) is 1. The molecular formula is C15H20N2OS. The van der Waals surface area contributed by atoms with Gasteiger partial charge >= 0.3 is 0 Å². The van der Waals surface area contributed by atoms with Crippen LogP contribution >= 0.6 is 11.3 Å². The third-order valence-corrected chi connectivity index (χ3v) is 4.43. The molecule has 19 heavy (non-hydrogen) atoms. The van der Waals surface area contributed by atoms with E-state index in [0.29, 0.717) is 18.6 Å². The summed E-state index contributed by atoms with van der Waals surface area (Å²) in [5, 5.41) is 1.90. The third kappa shape index (κ3) is 3.17. The lowest BCUT2D eigenvalue weighted by Crippen LogP contribution is -2.47. The van der Waals surface area contributed by atoms with E-state index in [1.54, 1.807) is 0 Å². The van der Waals surface area contributed by atoms with Crippen molar-refractivity contribution in [3.05, 3.63) is 21.9 Å². The van der Waals surface area contributed by atoms with Crippen molar-refractivity contribution in [1.29, 1.82) is 0 Å². The van der Waals surface area contributed by atoms with Crippen LogP contribution < -0.4 is 5.73 Å². The highest BCUT2D eigenvalue weighted by molar-refractivity contribution is 7.10. The van der Waals surface area contributed by atoms with Gasteiger partial charge in [-0.3, -0.25) is 4.79 Å². The fourth-order valence-electron chi connectivity index (χ4n) is 2.62. The van der Waals surface area contributed by atoms with Crippen LogP contribution in [0.15, 0.2) is 11.4 Å². The monoisotopic (exact) mass is 276 g/mol. The van der Waals surface area contributed by atoms with E-state index in [1.165, 1.54) is 17.8 Å². The predicted octanol–water partition coefficient (Wildman–Crippen LogP) is 2.46. The van der Waals surface area contributed by atoms with Crippen LogP contribution in [-0.4, -0.2) is 29.4 Å². The first-order chi connectivity index (χ1) is 9.13. The second-order valence-electron chi connectivity index (χ2n) is 5.05. The van der Waals surface area contributed by atoms with Crippen molar-refractivity contribution >= 4 is 17.2 Å². The Balaban J connectivity index is 2.16. The van der Waals surface area contributed by atoms with Crippen molar-refractivity contribution < 1.29 is 4.79 Å². The van der Waals surface area contributed by atoms with E-state index in [1.807, 2.05) is 16.3 Å². The van der Waals surface area contributed by atoms with Crippen molar-refractivity contribution in [3.8, 4) is 11.8 Å². The van der Waals surface area contributed by atoms with E-state index in [9.17, 15) is 4.79 Å². The maximum absolute atomic E-state index is 12.6. The van der Waals surface area contributed by atoms with Crippen LogP contribution in [0.5, 0.6) is 0 Å². The van der Waals surface area contributed by atoms with Gasteiger partial charge < -0.3 is 10.6 Å². The lowest BCUT2D eigenvalue weighted by atomic mass is 9.97. The molecule has 2 N–H and O–H groups in total. The van der Waals surface area contributed by atoms with Crippen molar-refractivity contribution in [2.45, 2.75) is 45.2 Å². The Morgan fingerprint density at radius 2 is 2.16 bits per heavy atom. The summed E-state index contributed by atoms with van der Waals surface area (Å²) in [5.74, 6) is 5.93. The second-order valence-corrected chi connectivity index (χ2v) is 5.96. The Hall–Kier alpha value is -1.31. The molecule has 1 aromatic heterocycles. The zero-order valence-electron chi connectivity index (χ0n) is 11.5. The van der Waals surface area contributed by atoms with Crippen molar-refractivity contribution in [2.24, 2.45) is 5.73 Å². The van der Waals surface area contributed by atoms with Gasteiger partial charge in [-0.2, -0.15) is 0 Å². The number of nitrogens with zero attached hydrogens (tertiary/aromatic N) is 1. The molecular weight excluding hydrogens is 256 g/mol.